The minimum Gasteiger partial charge on any atom is -0.482 e. The van der Waals surface area contributed by atoms with Gasteiger partial charge in [-0.25, -0.2) is 5.43 Å². The molecule has 2 aromatic rings. The van der Waals surface area contributed by atoms with Crippen LogP contribution in [0.5, 0.6) is 5.75 Å². The molecule has 0 saturated heterocycles. The van der Waals surface area contributed by atoms with Gasteiger partial charge in [-0.2, -0.15) is 5.10 Å². The summed E-state index contributed by atoms with van der Waals surface area (Å²) < 4.78 is 6.14. The monoisotopic (exact) mass is 367 g/mol. The third-order valence-electron chi connectivity index (χ3n) is 2.34. The maximum Gasteiger partial charge on any atom is 0.277 e. The molecule has 0 aliphatic rings. The zero-order valence-corrected chi connectivity index (χ0v) is 13.1. The van der Waals surface area contributed by atoms with Crippen LogP contribution < -0.4 is 10.2 Å². The van der Waals surface area contributed by atoms with E-state index in [9.17, 15) is 4.79 Å². The highest BCUT2D eigenvalue weighted by Crippen LogP contribution is 2.27. The molecule has 7 heteroatoms. The van der Waals surface area contributed by atoms with Gasteiger partial charge in [-0.1, -0.05) is 33.6 Å². The molecule has 0 aliphatic heterocycles. The standard InChI is InChI=1S/C14H11BrClN3O2/c15-11-3-4-13(12(16)6-11)21-9-14(20)19-18-8-10-2-1-5-17-7-10/h1-8H,9H2,(H,19,20)/b18-8+. The van der Waals surface area contributed by atoms with Crippen LogP contribution in [-0.4, -0.2) is 23.7 Å². The predicted octanol–water partition coefficient (Wildman–Crippen LogP) is 3.03. The van der Waals surface area contributed by atoms with E-state index in [4.69, 9.17) is 16.3 Å². The number of hydrogen-bond acceptors (Lipinski definition) is 4. The molecule has 0 unspecified atom stereocenters. The molecule has 1 amide bonds. The van der Waals surface area contributed by atoms with Gasteiger partial charge in [-0.05, 0) is 24.3 Å². The van der Waals surface area contributed by atoms with Crippen molar-refractivity contribution in [2.24, 2.45) is 5.10 Å². The number of nitrogens with zero attached hydrogens (tertiary/aromatic N) is 2. The molecular weight excluding hydrogens is 358 g/mol. The number of carbonyl (C=O) groups is 1. The van der Waals surface area contributed by atoms with Crippen molar-refractivity contribution in [1.82, 2.24) is 10.4 Å². The summed E-state index contributed by atoms with van der Waals surface area (Å²) in [6, 6.07) is 8.75. The fraction of sp³-hybridized carbons (Fsp3) is 0.0714. The Bertz CT molecular complexity index is 650. The maximum absolute atomic E-state index is 11.6. The number of nitrogens with one attached hydrogen (secondary N) is 1. The highest BCUT2D eigenvalue weighted by Gasteiger charge is 2.05. The summed E-state index contributed by atoms with van der Waals surface area (Å²) in [7, 11) is 0. The normalized spacial score (nSPS) is 10.6. The van der Waals surface area contributed by atoms with Crippen LogP contribution in [0, 0.1) is 0 Å². The first-order valence-electron chi connectivity index (χ1n) is 5.95. The summed E-state index contributed by atoms with van der Waals surface area (Å²) in [4.78, 5) is 15.5. The van der Waals surface area contributed by atoms with E-state index >= 15 is 0 Å². The van der Waals surface area contributed by atoms with E-state index in [1.807, 2.05) is 6.07 Å². The summed E-state index contributed by atoms with van der Waals surface area (Å²) in [6.45, 7) is -0.175. The van der Waals surface area contributed by atoms with Gasteiger partial charge in [0.1, 0.15) is 5.75 Å². The maximum atomic E-state index is 11.6. The number of amides is 1. The molecule has 1 heterocycles. The van der Waals surface area contributed by atoms with Crippen molar-refractivity contribution in [3.05, 3.63) is 57.8 Å². The van der Waals surface area contributed by atoms with E-state index in [2.05, 4.69) is 31.4 Å². The molecule has 1 N–H and O–H groups in total. The van der Waals surface area contributed by atoms with Crippen molar-refractivity contribution in [3.63, 3.8) is 0 Å². The van der Waals surface area contributed by atoms with E-state index in [1.54, 1.807) is 36.7 Å². The number of aromatic nitrogens is 1. The summed E-state index contributed by atoms with van der Waals surface area (Å²) >= 11 is 9.26. The van der Waals surface area contributed by atoms with Crippen LogP contribution in [0.3, 0.4) is 0 Å². The van der Waals surface area contributed by atoms with E-state index in [0.29, 0.717) is 10.8 Å². The average molecular weight is 369 g/mol. The lowest BCUT2D eigenvalue weighted by Crippen LogP contribution is -2.24. The molecular formula is C14H11BrClN3O2. The molecule has 2 rings (SSSR count). The second-order valence-corrected chi connectivity index (χ2v) is 5.27. The Morgan fingerprint density at radius 3 is 3.05 bits per heavy atom. The molecule has 0 fully saturated rings. The van der Waals surface area contributed by atoms with E-state index in [0.717, 1.165) is 10.0 Å². The van der Waals surface area contributed by atoms with Crippen LogP contribution in [0.15, 0.2) is 52.3 Å². The molecule has 0 spiro atoms. The van der Waals surface area contributed by atoms with Gasteiger partial charge in [0, 0.05) is 22.4 Å². The van der Waals surface area contributed by atoms with Crippen molar-refractivity contribution < 1.29 is 9.53 Å². The second-order valence-electron chi connectivity index (χ2n) is 3.94. The Labute approximate surface area is 135 Å². The Hall–Kier alpha value is -1.92. The Kier molecular flexibility index (Phi) is 5.71. The number of halogens is 2. The minimum absolute atomic E-state index is 0.175. The average Bonchev–Trinajstić information content (AvgIpc) is 2.47. The van der Waals surface area contributed by atoms with E-state index < -0.39 is 0 Å². The largest absolute Gasteiger partial charge is 0.482 e. The summed E-state index contributed by atoms with van der Waals surface area (Å²) in [5.74, 6) is 0.0559. The molecule has 1 aromatic carbocycles. The summed E-state index contributed by atoms with van der Waals surface area (Å²) in [6.07, 6.45) is 4.79. The zero-order valence-electron chi connectivity index (χ0n) is 10.8. The van der Waals surface area contributed by atoms with Gasteiger partial charge in [-0.3, -0.25) is 9.78 Å². The SMILES string of the molecule is O=C(COc1ccc(Br)cc1Cl)N/N=C/c1cccnc1. The van der Waals surface area contributed by atoms with Crippen molar-refractivity contribution in [2.75, 3.05) is 6.61 Å². The van der Waals surface area contributed by atoms with Gasteiger partial charge in [-0.15, -0.1) is 0 Å². The topological polar surface area (TPSA) is 63.6 Å². The lowest BCUT2D eigenvalue weighted by Gasteiger charge is -2.07. The second kappa shape index (κ2) is 7.75. The molecule has 1 aromatic heterocycles. The third kappa shape index (κ3) is 5.17. The van der Waals surface area contributed by atoms with Gasteiger partial charge >= 0.3 is 0 Å². The number of benzene rings is 1. The lowest BCUT2D eigenvalue weighted by molar-refractivity contribution is -0.123. The molecule has 0 bridgehead atoms. The van der Waals surface area contributed by atoms with Crippen molar-refractivity contribution in [3.8, 4) is 5.75 Å². The molecule has 0 atom stereocenters. The minimum atomic E-state index is -0.380. The van der Waals surface area contributed by atoms with Crippen LogP contribution in [0.4, 0.5) is 0 Å². The molecule has 0 radical (unpaired) electrons. The Balaban J connectivity index is 1.81. The van der Waals surface area contributed by atoms with E-state index in [1.165, 1.54) is 6.21 Å². The predicted molar refractivity (Wildman–Crippen MR) is 84.6 cm³/mol. The van der Waals surface area contributed by atoms with Crippen LogP contribution >= 0.6 is 27.5 Å². The summed E-state index contributed by atoms with van der Waals surface area (Å²) in [5, 5.41) is 4.23. The molecule has 108 valence electrons. The quantitative estimate of drug-likeness (QED) is 0.652. The van der Waals surface area contributed by atoms with Crippen molar-refractivity contribution in [2.45, 2.75) is 0 Å². The zero-order chi connectivity index (χ0) is 15.1. The van der Waals surface area contributed by atoms with Gasteiger partial charge in [0.15, 0.2) is 6.61 Å². The van der Waals surface area contributed by atoms with E-state index in [-0.39, 0.29) is 12.5 Å². The highest BCUT2D eigenvalue weighted by atomic mass is 79.9. The van der Waals surface area contributed by atoms with Gasteiger partial charge in [0.2, 0.25) is 0 Å². The Morgan fingerprint density at radius 1 is 1.48 bits per heavy atom. The van der Waals surface area contributed by atoms with Gasteiger partial charge in [0.25, 0.3) is 5.91 Å². The van der Waals surface area contributed by atoms with Crippen LogP contribution in [0.2, 0.25) is 5.02 Å². The molecule has 21 heavy (non-hydrogen) atoms. The van der Waals surface area contributed by atoms with Crippen molar-refractivity contribution >= 4 is 39.7 Å². The number of hydrazone groups is 1. The number of pyridine rings is 1. The summed E-state index contributed by atoms with van der Waals surface area (Å²) in [5.41, 5.74) is 3.14. The number of carbonyl (C=O) groups excluding carboxylic acids is 1. The first kappa shape index (κ1) is 15.5. The van der Waals surface area contributed by atoms with Gasteiger partial charge in [0.05, 0.1) is 11.2 Å². The fourth-order valence-corrected chi connectivity index (χ4v) is 2.13. The molecule has 5 nitrogen and oxygen atoms in total. The number of hydrogen-bond donors (Lipinski definition) is 1. The van der Waals surface area contributed by atoms with Crippen LogP contribution in [0.25, 0.3) is 0 Å². The van der Waals surface area contributed by atoms with Gasteiger partial charge < -0.3 is 4.74 Å². The van der Waals surface area contributed by atoms with Crippen LogP contribution in [-0.2, 0) is 4.79 Å². The third-order valence-corrected chi connectivity index (χ3v) is 3.13. The highest BCUT2D eigenvalue weighted by molar-refractivity contribution is 9.10. The Morgan fingerprint density at radius 2 is 2.33 bits per heavy atom. The van der Waals surface area contributed by atoms with Crippen LogP contribution in [0.1, 0.15) is 5.56 Å². The lowest BCUT2D eigenvalue weighted by atomic mass is 10.3. The first-order valence-corrected chi connectivity index (χ1v) is 7.12. The first-order chi connectivity index (χ1) is 10.1. The van der Waals surface area contributed by atoms with Crippen molar-refractivity contribution in [1.29, 1.82) is 0 Å². The number of rotatable bonds is 5. The molecule has 0 aliphatic carbocycles. The smallest absolute Gasteiger partial charge is 0.277 e. The number of ether oxygens (including phenoxy) is 1. The molecule has 0 saturated carbocycles. The fourth-order valence-electron chi connectivity index (χ4n) is 1.40.